The molecule has 1 atom stereocenters. The van der Waals surface area contributed by atoms with Gasteiger partial charge in [-0.2, -0.15) is 0 Å². The van der Waals surface area contributed by atoms with Crippen molar-refractivity contribution in [3.63, 3.8) is 0 Å². The molecule has 0 fully saturated rings. The second-order valence-corrected chi connectivity index (χ2v) is 4.93. The van der Waals surface area contributed by atoms with E-state index in [-0.39, 0.29) is 12.6 Å². The minimum absolute atomic E-state index is 0.0960. The van der Waals surface area contributed by atoms with E-state index in [0.717, 1.165) is 0 Å². The molecule has 0 heterocycles. The molecule has 2 heteroatoms. The number of aliphatic hydroxyl groups is 1. The Morgan fingerprint density at radius 3 is 2.31 bits per heavy atom. The molecule has 0 aromatic heterocycles. The van der Waals surface area contributed by atoms with Crippen LogP contribution in [0.25, 0.3) is 0 Å². The Hall–Kier alpha value is -0.860. The Balaban J connectivity index is 3.14. The SMILES string of the molecule is Cc1ccc(C(C)C)cc1C(CO)N(C)C. The van der Waals surface area contributed by atoms with E-state index in [2.05, 4.69) is 43.9 Å². The molecule has 0 bridgehead atoms. The summed E-state index contributed by atoms with van der Waals surface area (Å²) in [4.78, 5) is 2.06. The molecule has 0 saturated heterocycles. The van der Waals surface area contributed by atoms with Crippen LogP contribution in [-0.4, -0.2) is 30.7 Å². The first kappa shape index (κ1) is 13.2. The zero-order chi connectivity index (χ0) is 12.3. The van der Waals surface area contributed by atoms with Crippen LogP contribution in [0.3, 0.4) is 0 Å². The van der Waals surface area contributed by atoms with E-state index < -0.39 is 0 Å². The highest BCUT2D eigenvalue weighted by Crippen LogP contribution is 2.25. The predicted octanol–water partition coefficient (Wildman–Crippen LogP) is 2.71. The van der Waals surface area contributed by atoms with Gasteiger partial charge in [-0.15, -0.1) is 0 Å². The van der Waals surface area contributed by atoms with Crippen molar-refractivity contribution >= 4 is 0 Å². The van der Waals surface area contributed by atoms with Gasteiger partial charge in [-0.1, -0.05) is 32.0 Å². The number of aryl methyl sites for hydroxylation is 1. The van der Waals surface area contributed by atoms with Gasteiger partial charge in [0.2, 0.25) is 0 Å². The molecule has 0 aliphatic heterocycles. The Morgan fingerprint density at radius 1 is 1.25 bits per heavy atom. The van der Waals surface area contributed by atoms with Gasteiger partial charge in [0, 0.05) is 0 Å². The quantitative estimate of drug-likeness (QED) is 0.845. The molecule has 1 rings (SSSR count). The van der Waals surface area contributed by atoms with E-state index in [1.807, 2.05) is 14.1 Å². The smallest absolute Gasteiger partial charge is 0.0628 e. The lowest BCUT2D eigenvalue weighted by Gasteiger charge is -2.25. The molecule has 16 heavy (non-hydrogen) atoms. The zero-order valence-corrected chi connectivity index (χ0v) is 11.0. The second kappa shape index (κ2) is 5.46. The van der Waals surface area contributed by atoms with Crippen molar-refractivity contribution in [3.05, 3.63) is 34.9 Å². The Kier molecular flexibility index (Phi) is 4.51. The summed E-state index contributed by atoms with van der Waals surface area (Å²) in [5.74, 6) is 0.529. The van der Waals surface area contributed by atoms with E-state index in [1.165, 1.54) is 16.7 Å². The van der Waals surface area contributed by atoms with Gasteiger partial charge in [0.05, 0.1) is 12.6 Å². The van der Waals surface area contributed by atoms with Crippen LogP contribution in [0.5, 0.6) is 0 Å². The number of rotatable bonds is 4. The number of nitrogens with zero attached hydrogens (tertiary/aromatic N) is 1. The van der Waals surface area contributed by atoms with Crippen LogP contribution < -0.4 is 0 Å². The first-order chi connectivity index (χ1) is 7.47. The summed E-state index contributed by atoms with van der Waals surface area (Å²) in [7, 11) is 4.00. The maximum absolute atomic E-state index is 9.46. The van der Waals surface area contributed by atoms with Gasteiger partial charge in [0.25, 0.3) is 0 Å². The topological polar surface area (TPSA) is 23.5 Å². The Bertz CT molecular complexity index is 345. The Labute approximate surface area is 98.9 Å². The molecular weight excluding hydrogens is 198 g/mol. The number of hydrogen-bond acceptors (Lipinski definition) is 2. The van der Waals surface area contributed by atoms with Crippen molar-refractivity contribution in [1.82, 2.24) is 4.90 Å². The van der Waals surface area contributed by atoms with E-state index >= 15 is 0 Å². The normalized spacial score (nSPS) is 13.5. The van der Waals surface area contributed by atoms with Gasteiger partial charge in [-0.3, -0.25) is 0 Å². The first-order valence-corrected chi connectivity index (χ1v) is 5.85. The van der Waals surface area contributed by atoms with Crippen LogP contribution in [0.4, 0.5) is 0 Å². The number of aliphatic hydroxyl groups excluding tert-OH is 1. The maximum Gasteiger partial charge on any atom is 0.0628 e. The van der Waals surface area contributed by atoms with Gasteiger partial charge in [-0.25, -0.2) is 0 Å². The summed E-state index contributed by atoms with van der Waals surface area (Å²) in [6, 6.07) is 6.64. The van der Waals surface area contributed by atoms with Crippen LogP contribution in [0, 0.1) is 6.92 Å². The van der Waals surface area contributed by atoms with Crippen LogP contribution >= 0.6 is 0 Å². The van der Waals surface area contributed by atoms with Crippen molar-refractivity contribution in [2.75, 3.05) is 20.7 Å². The zero-order valence-electron chi connectivity index (χ0n) is 11.0. The van der Waals surface area contributed by atoms with Crippen molar-refractivity contribution < 1.29 is 5.11 Å². The average Bonchev–Trinajstić information content (AvgIpc) is 2.20. The van der Waals surface area contributed by atoms with Crippen LogP contribution in [0.2, 0.25) is 0 Å². The first-order valence-electron chi connectivity index (χ1n) is 5.85. The Morgan fingerprint density at radius 2 is 1.88 bits per heavy atom. The monoisotopic (exact) mass is 221 g/mol. The largest absolute Gasteiger partial charge is 0.394 e. The van der Waals surface area contributed by atoms with Crippen LogP contribution in [0.1, 0.15) is 42.5 Å². The molecule has 1 unspecified atom stereocenters. The van der Waals surface area contributed by atoms with Crippen molar-refractivity contribution in [2.45, 2.75) is 32.7 Å². The molecule has 1 aromatic carbocycles. The van der Waals surface area contributed by atoms with Crippen molar-refractivity contribution in [3.8, 4) is 0 Å². The highest BCUT2D eigenvalue weighted by molar-refractivity contribution is 5.35. The second-order valence-electron chi connectivity index (χ2n) is 4.93. The fraction of sp³-hybridized carbons (Fsp3) is 0.571. The molecule has 2 nitrogen and oxygen atoms in total. The molecular formula is C14H23NO. The molecule has 0 spiro atoms. The molecule has 0 radical (unpaired) electrons. The van der Waals surface area contributed by atoms with Gasteiger partial charge in [-0.05, 0) is 43.6 Å². The highest BCUT2D eigenvalue weighted by Gasteiger charge is 2.16. The third-order valence-corrected chi connectivity index (χ3v) is 3.13. The standard InChI is InChI=1S/C14H23NO/c1-10(2)12-7-6-11(3)13(8-12)14(9-16)15(4)5/h6-8,10,14,16H,9H2,1-5H3. The summed E-state index contributed by atoms with van der Waals surface area (Å²) >= 11 is 0. The highest BCUT2D eigenvalue weighted by atomic mass is 16.3. The molecule has 1 N–H and O–H groups in total. The average molecular weight is 221 g/mol. The van der Waals surface area contributed by atoms with E-state index in [4.69, 9.17) is 0 Å². The summed E-state index contributed by atoms with van der Waals surface area (Å²) in [6.45, 7) is 6.65. The molecule has 0 aliphatic carbocycles. The lowest BCUT2D eigenvalue weighted by Crippen LogP contribution is -2.24. The van der Waals surface area contributed by atoms with Gasteiger partial charge in [0.1, 0.15) is 0 Å². The lowest BCUT2D eigenvalue weighted by atomic mass is 9.94. The van der Waals surface area contributed by atoms with E-state index in [9.17, 15) is 5.11 Å². The number of benzene rings is 1. The minimum Gasteiger partial charge on any atom is -0.394 e. The number of likely N-dealkylation sites (N-methyl/N-ethyl adjacent to an activating group) is 1. The summed E-state index contributed by atoms with van der Waals surface area (Å²) in [5, 5.41) is 9.46. The molecule has 0 saturated carbocycles. The lowest BCUT2D eigenvalue weighted by molar-refractivity contribution is 0.170. The van der Waals surface area contributed by atoms with E-state index in [0.29, 0.717) is 5.92 Å². The van der Waals surface area contributed by atoms with Crippen LogP contribution in [-0.2, 0) is 0 Å². The fourth-order valence-corrected chi connectivity index (χ4v) is 1.92. The van der Waals surface area contributed by atoms with E-state index in [1.54, 1.807) is 0 Å². The fourth-order valence-electron chi connectivity index (χ4n) is 1.92. The third kappa shape index (κ3) is 2.83. The minimum atomic E-state index is 0.0960. The van der Waals surface area contributed by atoms with Gasteiger partial charge >= 0.3 is 0 Å². The van der Waals surface area contributed by atoms with Crippen molar-refractivity contribution in [1.29, 1.82) is 0 Å². The molecule has 1 aromatic rings. The third-order valence-electron chi connectivity index (χ3n) is 3.13. The van der Waals surface area contributed by atoms with Crippen molar-refractivity contribution in [2.24, 2.45) is 0 Å². The molecule has 0 aliphatic rings. The maximum atomic E-state index is 9.46. The molecule has 0 amide bonds. The summed E-state index contributed by atoms with van der Waals surface area (Å²) < 4.78 is 0. The predicted molar refractivity (Wildman–Crippen MR) is 68.8 cm³/mol. The van der Waals surface area contributed by atoms with Gasteiger partial charge < -0.3 is 10.0 Å². The van der Waals surface area contributed by atoms with Gasteiger partial charge in [0.15, 0.2) is 0 Å². The number of hydrogen-bond donors (Lipinski definition) is 1. The summed E-state index contributed by atoms with van der Waals surface area (Å²) in [6.07, 6.45) is 0. The molecule has 90 valence electrons. The van der Waals surface area contributed by atoms with Crippen LogP contribution in [0.15, 0.2) is 18.2 Å². The summed E-state index contributed by atoms with van der Waals surface area (Å²) in [5.41, 5.74) is 3.82.